The Labute approximate surface area is 77.4 Å². The third kappa shape index (κ3) is 1.29. The van der Waals surface area contributed by atoms with Crippen LogP contribution in [0, 0.1) is 25.2 Å². The number of nitriles is 1. The highest BCUT2D eigenvalue weighted by Crippen LogP contribution is 2.46. The summed E-state index contributed by atoms with van der Waals surface area (Å²) in [6, 6.07) is 4.25. The first-order valence-electron chi connectivity index (χ1n) is 4.40. The van der Waals surface area contributed by atoms with E-state index in [9.17, 15) is 0 Å². The predicted molar refractivity (Wildman–Crippen MR) is 48.0 cm³/mol. The van der Waals surface area contributed by atoms with Crippen LogP contribution < -0.4 is 0 Å². The highest BCUT2D eigenvalue weighted by Gasteiger charge is 2.46. The monoisotopic (exact) mass is 173 g/mol. The highest BCUT2D eigenvalue weighted by atomic mass is 14.9. The minimum absolute atomic E-state index is 0.279. The smallest absolute Gasteiger partial charge is 0.125 e. The maximum atomic E-state index is 8.98. The van der Waals surface area contributed by atoms with E-state index in [0.717, 1.165) is 30.1 Å². The normalized spacial score (nSPS) is 17.9. The van der Waals surface area contributed by atoms with Crippen molar-refractivity contribution in [2.24, 2.45) is 0 Å². The van der Waals surface area contributed by atoms with Gasteiger partial charge in [-0.25, -0.2) is 9.97 Å². The number of rotatable bonds is 1. The third-order valence-electron chi connectivity index (χ3n) is 2.42. The molecule has 0 N–H and O–H groups in total. The fourth-order valence-electron chi connectivity index (χ4n) is 1.51. The molecule has 1 aliphatic rings. The first-order valence-corrected chi connectivity index (χ1v) is 4.40. The number of aromatic nitrogens is 2. The molecule has 0 radical (unpaired) electrons. The summed E-state index contributed by atoms with van der Waals surface area (Å²) < 4.78 is 0. The number of hydrogen-bond donors (Lipinski definition) is 0. The molecule has 2 rings (SSSR count). The molecule has 0 amide bonds. The van der Waals surface area contributed by atoms with Gasteiger partial charge in [-0.1, -0.05) is 0 Å². The van der Waals surface area contributed by atoms with Crippen LogP contribution in [0.3, 0.4) is 0 Å². The van der Waals surface area contributed by atoms with Crippen LogP contribution in [-0.2, 0) is 5.41 Å². The first-order chi connectivity index (χ1) is 6.16. The Morgan fingerprint density at radius 3 is 2.54 bits per heavy atom. The largest absolute Gasteiger partial charge is 0.239 e. The molecule has 66 valence electrons. The van der Waals surface area contributed by atoms with Gasteiger partial charge in [0.1, 0.15) is 5.82 Å². The SMILES string of the molecule is Cc1cc(C2(C#N)CC2)nc(C)n1. The van der Waals surface area contributed by atoms with Crippen molar-refractivity contribution < 1.29 is 0 Å². The van der Waals surface area contributed by atoms with Crippen molar-refractivity contribution in [3.05, 3.63) is 23.3 Å². The Hall–Kier alpha value is -1.43. The van der Waals surface area contributed by atoms with Gasteiger partial charge < -0.3 is 0 Å². The van der Waals surface area contributed by atoms with Crippen LogP contribution in [0.2, 0.25) is 0 Å². The summed E-state index contributed by atoms with van der Waals surface area (Å²) in [5.74, 6) is 0.761. The molecule has 0 aliphatic heterocycles. The first kappa shape index (κ1) is 8.18. The Kier molecular flexibility index (Phi) is 1.59. The second-order valence-electron chi connectivity index (χ2n) is 3.64. The number of hydrogen-bond acceptors (Lipinski definition) is 3. The van der Waals surface area contributed by atoms with Crippen molar-refractivity contribution in [3.63, 3.8) is 0 Å². The average molecular weight is 173 g/mol. The van der Waals surface area contributed by atoms with Crippen LogP contribution in [-0.4, -0.2) is 9.97 Å². The highest BCUT2D eigenvalue weighted by molar-refractivity contribution is 5.34. The van der Waals surface area contributed by atoms with Gasteiger partial charge in [-0.05, 0) is 32.8 Å². The Morgan fingerprint density at radius 2 is 2.08 bits per heavy atom. The van der Waals surface area contributed by atoms with Gasteiger partial charge in [0, 0.05) is 5.69 Å². The van der Waals surface area contributed by atoms with E-state index in [0.29, 0.717) is 0 Å². The molecule has 3 heteroatoms. The zero-order valence-corrected chi connectivity index (χ0v) is 7.83. The topological polar surface area (TPSA) is 49.6 Å². The Bertz CT molecular complexity index is 365. The summed E-state index contributed by atoms with van der Waals surface area (Å²) in [4.78, 5) is 8.49. The predicted octanol–water partition coefficient (Wildman–Crippen LogP) is 1.65. The van der Waals surface area contributed by atoms with Crippen LogP contribution in [0.4, 0.5) is 0 Å². The van der Waals surface area contributed by atoms with Crippen molar-refractivity contribution in [3.8, 4) is 6.07 Å². The van der Waals surface area contributed by atoms with Gasteiger partial charge in [0.15, 0.2) is 0 Å². The van der Waals surface area contributed by atoms with Crippen LogP contribution in [0.1, 0.15) is 30.1 Å². The number of nitrogens with zero attached hydrogens (tertiary/aromatic N) is 3. The van der Waals surface area contributed by atoms with Gasteiger partial charge in [0.05, 0.1) is 17.2 Å². The Morgan fingerprint density at radius 1 is 1.38 bits per heavy atom. The molecule has 1 fully saturated rings. The molecule has 1 aliphatic carbocycles. The minimum atomic E-state index is -0.279. The molecule has 0 unspecified atom stereocenters. The van der Waals surface area contributed by atoms with Crippen LogP contribution in [0.5, 0.6) is 0 Å². The summed E-state index contributed by atoms with van der Waals surface area (Å²) in [7, 11) is 0. The van der Waals surface area contributed by atoms with Gasteiger partial charge in [-0.3, -0.25) is 0 Å². The van der Waals surface area contributed by atoms with Gasteiger partial charge in [-0.15, -0.1) is 0 Å². The van der Waals surface area contributed by atoms with Crippen LogP contribution in [0.25, 0.3) is 0 Å². The molecular weight excluding hydrogens is 162 g/mol. The number of aryl methyl sites for hydroxylation is 2. The Balaban J connectivity index is 2.48. The van der Waals surface area contributed by atoms with Gasteiger partial charge in [0.2, 0.25) is 0 Å². The molecule has 0 atom stereocenters. The lowest BCUT2D eigenvalue weighted by atomic mass is 10.0. The van der Waals surface area contributed by atoms with E-state index >= 15 is 0 Å². The zero-order chi connectivity index (χ0) is 9.47. The second kappa shape index (κ2) is 2.53. The zero-order valence-electron chi connectivity index (χ0n) is 7.83. The van der Waals surface area contributed by atoms with Crippen molar-refractivity contribution in [1.29, 1.82) is 5.26 Å². The maximum Gasteiger partial charge on any atom is 0.125 e. The third-order valence-corrected chi connectivity index (χ3v) is 2.42. The van der Waals surface area contributed by atoms with E-state index in [-0.39, 0.29) is 5.41 Å². The summed E-state index contributed by atoms with van der Waals surface area (Å²) in [6.07, 6.45) is 1.89. The molecule has 13 heavy (non-hydrogen) atoms. The van der Waals surface area contributed by atoms with Crippen molar-refractivity contribution in [1.82, 2.24) is 9.97 Å². The summed E-state index contributed by atoms with van der Waals surface area (Å²) in [5.41, 5.74) is 1.57. The molecule has 1 heterocycles. The van der Waals surface area contributed by atoms with Gasteiger partial charge in [-0.2, -0.15) is 5.26 Å². The molecular formula is C10H11N3. The lowest BCUT2D eigenvalue weighted by Crippen LogP contribution is -2.08. The van der Waals surface area contributed by atoms with E-state index in [1.54, 1.807) is 0 Å². The lowest BCUT2D eigenvalue weighted by Gasteiger charge is -2.06. The molecule has 0 bridgehead atoms. The van der Waals surface area contributed by atoms with Crippen LogP contribution >= 0.6 is 0 Å². The maximum absolute atomic E-state index is 8.98. The molecule has 1 aromatic rings. The van der Waals surface area contributed by atoms with Crippen LogP contribution in [0.15, 0.2) is 6.07 Å². The summed E-state index contributed by atoms with van der Waals surface area (Å²) >= 11 is 0. The fraction of sp³-hybridized carbons (Fsp3) is 0.500. The molecule has 3 nitrogen and oxygen atoms in total. The van der Waals surface area contributed by atoms with Crippen molar-refractivity contribution >= 4 is 0 Å². The second-order valence-corrected chi connectivity index (χ2v) is 3.64. The van der Waals surface area contributed by atoms with E-state index in [1.165, 1.54) is 0 Å². The molecule has 0 spiro atoms. The lowest BCUT2D eigenvalue weighted by molar-refractivity contribution is 0.817. The van der Waals surface area contributed by atoms with Gasteiger partial charge >= 0.3 is 0 Å². The van der Waals surface area contributed by atoms with E-state index in [1.807, 2.05) is 19.9 Å². The minimum Gasteiger partial charge on any atom is -0.239 e. The van der Waals surface area contributed by atoms with E-state index < -0.39 is 0 Å². The molecule has 0 aromatic carbocycles. The fourth-order valence-corrected chi connectivity index (χ4v) is 1.51. The van der Waals surface area contributed by atoms with E-state index in [4.69, 9.17) is 5.26 Å². The molecule has 1 aromatic heterocycles. The summed E-state index contributed by atoms with van der Waals surface area (Å²) in [5, 5.41) is 8.98. The van der Waals surface area contributed by atoms with Crippen molar-refractivity contribution in [2.45, 2.75) is 32.1 Å². The summed E-state index contributed by atoms with van der Waals surface area (Å²) in [6.45, 7) is 3.80. The van der Waals surface area contributed by atoms with Gasteiger partial charge in [0.25, 0.3) is 0 Å². The quantitative estimate of drug-likeness (QED) is 0.648. The molecule has 1 saturated carbocycles. The molecule has 0 saturated heterocycles. The van der Waals surface area contributed by atoms with Crippen molar-refractivity contribution in [2.75, 3.05) is 0 Å². The average Bonchev–Trinajstić information content (AvgIpc) is 2.82. The van der Waals surface area contributed by atoms with E-state index in [2.05, 4.69) is 16.0 Å². The standard InChI is InChI=1S/C10H11N3/c1-7-5-9(13-8(2)12-7)10(6-11)3-4-10/h5H,3-4H2,1-2H3.